The molecule has 0 spiro atoms. The first kappa shape index (κ1) is 18.4. The summed E-state index contributed by atoms with van der Waals surface area (Å²) in [5.41, 5.74) is 1.70. The molecule has 0 aliphatic rings. The third-order valence-electron chi connectivity index (χ3n) is 3.79. The number of benzene rings is 2. The van der Waals surface area contributed by atoms with Gasteiger partial charge in [0.1, 0.15) is 11.8 Å². The standard InChI is InChI=1S/C19H24N2O4/c1-13(21-15-7-5-6-8-16(15)23-2)19(22)20-12-14-9-10-17(24-3)18(11-14)25-4/h5-11,13,21H,12H2,1-4H3,(H,20,22)/t13-/m1/s1. The zero-order valence-electron chi connectivity index (χ0n) is 15.0. The van der Waals surface area contributed by atoms with Crippen molar-refractivity contribution in [1.82, 2.24) is 5.32 Å². The zero-order chi connectivity index (χ0) is 18.2. The second kappa shape index (κ2) is 8.82. The van der Waals surface area contributed by atoms with Gasteiger partial charge in [-0.2, -0.15) is 0 Å². The maximum absolute atomic E-state index is 12.3. The number of ether oxygens (including phenoxy) is 3. The van der Waals surface area contributed by atoms with E-state index in [2.05, 4.69) is 10.6 Å². The van der Waals surface area contributed by atoms with Gasteiger partial charge in [-0.25, -0.2) is 0 Å². The molecular formula is C19H24N2O4. The first-order chi connectivity index (χ1) is 12.1. The lowest BCUT2D eigenvalue weighted by Gasteiger charge is -2.17. The monoisotopic (exact) mass is 344 g/mol. The van der Waals surface area contributed by atoms with Crippen molar-refractivity contribution >= 4 is 11.6 Å². The molecule has 1 amide bonds. The van der Waals surface area contributed by atoms with Gasteiger partial charge in [0.15, 0.2) is 11.5 Å². The van der Waals surface area contributed by atoms with E-state index >= 15 is 0 Å². The highest BCUT2D eigenvalue weighted by atomic mass is 16.5. The topological polar surface area (TPSA) is 68.8 Å². The highest BCUT2D eigenvalue weighted by molar-refractivity contribution is 5.84. The van der Waals surface area contributed by atoms with Crippen molar-refractivity contribution in [3.8, 4) is 17.2 Å². The average Bonchev–Trinajstić information content (AvgIpc) is 2.66. The van der Waals surface area contributed by atoms with Gasteiger partial charge in [-0.3, -0.25) is 4.79 Å². The SMILES string of the molecule is COc1ccccc1N[C@H](C)C(=O)NCc1ccc(OC)c(OC)c1. The van der Waals surface area contributed by atoms with E-state index in [1.165, 1.54) is 0 Å². The highest BCUT2D eigenvalue weighted by Crippen LogP contribution is 2.27. The van der Waals surface area contributed by atoms with E-state index in [4.69, 9.17) is 14.2 Å². The number of amides is 1. The minimum Gasteiger partial charge on any atom is -0.495 e. The average molecular weight is 344 g/mol. The summed E-state index contributed by atoms with van der Waals surface area (Å²) in [7, 11) is 4.77. The Morgan fingerprint density at radius 2 is 1.64 bits per heavy atom. The molecule has 0 saturated carbocycles. The van der Waals surface area contributed by atoms with Crippen molar-refractivity contribution in [1.29, 1.82) is 0 Å². The van der Waals surface area contributed by atoms with E-state index < -0.39 is 6.04 Å². The number of para-hydroxylation sites is 2. The summed E-state index contributed by atoms with van der Waals surface area (Å²) in [6.45, 7) is 2.20. The summed E-state index contributed by atoms with van der Waals surface area (Å²) in [5, 5.41) is 6.06. The minimum absolute atomic E-state index is 0.110. The van der Waals surface area contributed by atoms with Crippen LogP contribution in [0.15, 0.2) is 42.5 Å². The molecule has 0 aromatic heterocycles. The van der Waals surface area contributed by atoms with Gasteiger partial charge in [0.25, 0.3) is 0 Å². The number of carbonyl (C=O) groups is 1. The van der Waals surface area contributed by atoms with Gasteiger partial charge < -0.3 is 24.8 Å². The van der Waals surface area contributed by atoms with Gasteiger partial charge >= 0.3 is 0 Å². The van der Waals surface area contributed by atoms with Crippen molar-refractivity contribution in [3.05, 3.63) is 48.0 Å². The summed E-state index contributed by atoms with van der Waals surface area (Å²) in [6, 6.07) is 12.6. The molecule has 1 atom stereocenters. The molecule has 2 N–H and O–H groups in total. The summed E-state index contributed by atoms with van der Waals surface area (Å²) in [5.74, 6) is 1.88. The molecule has 0 heterocycles. The van der Waals surface area contributed by atoms with Gasteiger partial charge in [-0.05, 0) is 36.8 Å². The zero-order valence-corrected chi connectivity index (χ0v) is 15.0. The molecule has 134 valence electrons. The van der Waals surface area contributed by atoms with Crippen LogP contribution in [-0.2, 0) is 11.3 Å². The highest BCUT2D eigenvalue weighted by Gasteiger charge is 2.14. The van der Waals surface area contributed by atoms with E-state index in [1.54, 1.807) is 28.3 Å². The molecule has 2 rings (SSSR count). The van der Waals surface area contributed by atoms with Crippen LogP contribution >= 0.6 is 0 Å². The fraction of sp³-hybridized carbons (Fsp3) is 0.316. The van der Waals surface area contributed by atoms with E-state index in [1.807, 2.05) is 42.5 Å². The van der Waals surface area contributed by atoms with Gasteiger partial charge in [-0.15, -0.1) is 0 Å². The van der Waals surface area contributed by atoms with Crippen LogP contribution in [0, 0.1) is 0 Å². The molecule has 0 saturated heterocycles. The van der Waals surface area contributed by atoms with E-state index in [0.717, 1.165) is 11.3 Å². The van der Waals surface area contributed by atoms with Crippen molar-refractivity contribution in [3.63, 3.8) is 0 Å². The largest absolute Gasteiger partial charge is 0.495 e. The van der Waals surface area contributed by atoms with Crippen molar-refractivity contribution in [2.24, 2.45) is 0 Å². The van der Waals surface area contributed by atoms with Crippen molar-refractivity contribution in [2.45, 2.75) is 19.5 Å². The van der Waals surface area contributed by atoms with Crippen LogP contribution in [0.4, 0.5) is 5.69 Å². The smallest absolute Gasteiger partial charge is 0.242 e. The molecule has 0 fully saturated rings. The summed E-state index contributed by atoms with van der Waals surface area (Å²) < 4.78 is 15.8. The van der Waals surface area contributed by atoms with Crippen LogP contribution in [0.1, 0.15) is 12.5 Å². The number of hydrogen-bond acceptors (Lipinski definition) is 5. The summed E-state index contributed by atoms with van der Waals surface area (Å²) in [6.07, 6.45) is 0. The predicted octanol–water partition coefficient (Wildman–Crippen LogP) is 2.83. The maximum atomic E-state index is 12.3. The molecular weight excluding hydrogens is 320 g/mol. The normalized spacial score (nSPS) is 11.4. The molecule has 2 aromatic carbocycles. The lowest BCUT2D eigenvalue weighted by molar-refractivity contribution is -0.121. The Morgan fingerprint density at radius 3 is 2.32 bits per heavy atom. The first-order valence-electron chi connectivity index (χ1n) is 7.97. The predicted molar refractivity (Wildman–Crippen MR) is 97.5 cm³/mol. The molecule has 0 radical (unpaired) electrons. The number of rotatable bonds is 8. The number of nitrogens with one attached hydrogen (secondary N) is 2. The Morgan fingerprint density at radius 1 is 0.960 bits per heavy atom. The van der Waals surface area contributed by atoms with Crippen molar-refractivity contribution < 1.29 is 19.0 Å². The number of hydrogen-bond donors (Lipinski definition) is 2. The number of carbonyl (C=O) groups excluding carboxylic acids is 1. The third kappa shape index (κ3) is 4.79. The van der Waals surface area contributed by atoms with Gasteiger partial charge in [0.2, 0.25) is 5.91 Å². The third-order valence-corrected chi connectivity index (χ3v) is 3.79. The fourth-order valence-electron chi connectivity index (χ4n) is 2.40. The van der Waals surface area contributed by atoms with E-state index in [9.17, 15) is 4.79 Å². The Hall–Kier alpha value is -2.89. The quantitative estimate of drug-likeness (QED) is 0.771. The Kier molecular flexibility index (Phi) is 6.51. The Labute approximate surface area is 148 Å². The van der Waals surface area contributed by atoms with Crippen LogP contribution in [0.25, 0.3) is 0 Å². The molecule has 0 unspecified atom stereocenters. The van der Waals surface area contributed by atoms with Gasteiger partial charge in [0.05, 0.1) is 27.0 Å². The second-order valence-electron chi connectivity index (χ2n) is 5.47. The van der Waals surface area contributed by atoms with Crippen LogP contribution in [0.2, 0.25) is 0 Å². The van der Waals surface area contributed by atoms with Gasteiger partial charge in [-0.1, -0.05) is 18.2 Å². The second-order valence-corrected chi connectivity index (χ2v) is 5.47. The molecule has 2 aromatic rings. The van der Waals surface area contributed by atoms with Crippen LogP contribution in [0.5, 0.6) is 17.2 Å². The molecule has 0 aliphatic carbocycles. The molecule has 0 aliphatic heterocycles. The number of methoxy groups -OCH3 is 3. The minimum atomic E-state index is -0.406. The first-order valence-corrected chi connectivity index (χ1v) is 7.97. The fourth-order valence-corrected chi connectivity index (χ4v) is 2.40. The van der Waals surface area contributed by atoms with Crippen LogP contribution < -0.4 is 24.8 Å². The summed E-state index contributed by atoms with van der Waals surface area (Å²) >= 11 is 0. The van der Waals surface area contributed by atoms with Crippen LogP contribution in [0.3, 0.4) is 0 Å². The molecule has 25 heavy (non-hydrogen) atoms. The molecule has 6 heteroatoms. The summed E-state index contributed by atoms with van der Waals surface area (Å²) in [4.78, 5) is 12.3. The van der Waals surface area contributed by atoms with Crippen LogP contribution in [-0.4, -0.2) is 33.3 Å². The van der Waals surface area contributed by atoms with E-state index in [0.29, 0.717) is 23.8 Å². The number of anilines is 1. The lowest BCUT2D eigenvalue weighted by atomic mass is 10.2. The maximum Gasteiger partial charge on any atom is 0.242 e. The molecule has 0 bridgehead atoms. The van der Waals surface area contributed by atoms with Gasteiger partial charge in [0, 0.05) is 6.54 Å². The lowest BCUT2D eigenvalue weighted by Crippen LogP contribution is -2.37. The Bertz CT molecular complexity index is 718. The van der Waals surface area contributed by atoms with E-state index in [-0.39, 0.29) is 5.91 Å². The molecule has 6 nitrogen and oxygen atoms in total. The van der Waals surface area contributed by atoms with Crippen molar-refractivity contribution in [2.75, 3.05) is 26.6 Å². The Balaban J connectivity index is 1.95.